The molecule has 0 spiro atoms. The summed E-state index contributed by atoms with van der Waals surface area (Å²) in [7, 11) is 0. The van der Waals surface area contributed by atoms with Gasteiger partial charge in [-0.3, -0.25) is 4.98 Å². The van der Waals surface area contributed by atoms with Crippen molar-refractivity contribution in [1.29, 1.82) is 0 Å². The lowest BCUT2D eigenvalue weighted by molar-refractivity contribution is 0.727. The quantitative estimate of drug-likeness (QED) is 0.590. The van der Waals surface area contributed by atoms with E-state index in [-0.39, 0.29) is 4.87 Å². The number of hydrogen-bond acceptors (Lipinski definition) is 1. The first-order valence-electron chi connectivity index (χ1n) is 3.63. The highest BCUT2D eigenvalue weighted by Gasteiger charge is 2.17. The number of aryl methyl sites for hydroxylation is 1. The molecule has 60 valence electrons. The Morgan fingerprint density at radius 2 is 2.00 bits per heavy atom. The normalized spacial score (nSPS) is 11.6. The monoisotopic (exact) mass is 169 g/mol. The minimum Gasteiger partial charge on any atom is -0.256 e. The molecule has 0 atom stereocenters. The maximum absolute atomic E-state index is 6.07. The largest absolute Gasteiger partial charge is 0.256 e. The molecule has 0 aromatic carbocycles. The first kappa shape index (κ1) is 8.54. The van der Waals surface area contributed by atoms with Crippen LogP contribution in [0.1, 0.15) is 25.2 Å². The van der Waals surface area contributed by atoms with Gasteiger partial charge < -0.3 is 0 Å². The Morgan fingerprint density at radius 3 is 2.36 bits per heavy atom. The fourth-order valence-electron chi connectivity index (χ4n) is 0.874. The van der Waals surface area contributed by atoms with E-state index in [1.807, 2.05) is 39.0 Å². The fraction of sp³-hybridized carbons (Fsp3) is 0.444. The average molecular weight is 170 g/mol. The summed E-state index contributed by atoms with van der Waals surface area (Å²) in [4.78, 5) is 3.96. The zero-order valence-corrected chi connectivity index (χ0v) is 7.81. The van der Waals surface area contributed by atoms with Gasteiger partial charge in [-0.15, -0.1) is 11.6 Å². The highest BCUT2D eigenvalue weighted by Crippen LogP contribution is 2.25. The maximum atomic E-state index is 6.07. The van der Waals surface area contributed by atoms with E-state index >= 15 is 0 Å². The number of alkyl halides is 1. The number of hydrogen-bond donors (Lipinski definition) is 0. The summed E-state index contributed by atoms with van der Waals surface area (Å²) in [6, 6.07) is 5.88. The lowest BCUT2D eigenvalue weighted by Crippen LogP contribution is -2.10. The van der Waals surface area contributed by atoms with Gasteiger partial charge in [0.2, 0.25) is 0 Å². The Labute approximate surface area is 72.4 Å². The lowest BCUT2D eigenvalue weighted by Gasteiger charge is -2.14. The molecule has 0 saturated carbocycles. The number of nitrogens with zero attached hydrogens (tertiary/aromatic N) is 1. The summed E-state index contributed by atoms with van der Waals surface area (Å²) in [5.74, 6) is 0. The van der Waals surface area contributed by atoms with E-state index in [2.05, 4.69) is 4.98 Å². The van der Waals surface area contributed by atoms with Crippen LogP contribution in [0.25, 0.3) is 0 Å². The van der Waals surface area contributed by atoms with Crippen molar-refractivity contribution in [3.63, 3.8) is 0 Å². The molecule has 1 heterocycles. The summed E-state index contributed by atoms with van der Waals surface area (Å²) in [5, 5.41) is 0. The van der Waals surface area contributed by atoms with Crippen molar-refractivity contribution in [3.05, 3.63) is 29.6 Å². The predicted molar refractivity (Wildman–Crippen MR) is 47.9 cm³/mol. The van der Waals surface area contributed by atoms with E-state index in [0.717, 1.165) is 11.4 Å². The molecule has 0 radical (unpaired) electrons. The van der Waals surface area contributed by atoms with Crippen LogP contribution in [0, 0.1) is 6.92 Å². The van der Waals surface area contributed by atoms with Gasteiger partial charge in [-0.05, 0) is 32.9 Å². The van der Waals surface area contributed by atoms with Crippen molar-refractivity contribution in [2.24, 2.45) is 0 Å². The van der Waals surface area contributed by atoms with Gasteiger partial charge in [0.05, 0.1) is 10.6 Å². The second-order valence-corrected chi connectivity index (χ2v) is 4.08. The Balaban J connectivity index is 3.06. The third-order valence-electron chi connectivity index (χ3n) is 1.50. The van der Waals surface area contributed by atoms with Crippen LogP contribution in [0.15, 0.2) is 18.2 Å². The van der Waals surface area contributed by atoms with Crippen molar-refractivity contribution in [2.45, 2.75) is 25.6 Å². The lowest BCUT2D eigenvalue weighted by atomic mass is 10.1. The van der Waals surface area contributed by atoms with Gasteiger partial charge in [-0.25, -0.2) is 0 Å². The van der Waals surface area contributed by atoms with Gasteiger partial charge in [0.15, 0.2) is 0 Å². The zero-order valence-electron chi connectivity index (χ0n) is 7.06. The molecule has 0 fully saturated rings. The van der Waals surface area contributed by atoms with Gasteiger partial charge in [0.1, 0.15) is 0 Å². The van der Waals surface area contributed by atoms with Gasteiger partial charge in [-0.1, -0.05) is 6.07 Å². The summed E-state index contributed by atoms with van der Waals surface area (Å²) < 4.78 is 0. The minimum absolute atomic E-state index is 0.355. The van der Waals surface area contributed by atoms with Crippen LogP contribution >= 0.6 is 11.6 Å². The average Bonchev–Trinajstić information content (AvgIpc) is 1.86. The van der Waals surface area contributed by atoms with Gasteiger partial charge in [0.25, 0.3) is 0 Å². The van der Waals surface area contributed by atoms with Crippen molar-refractivity contribution in [3.8, 4) is 0 Å². The molecule has 0 amide bonds. The first-order valence-corrected chi connectivity index (χ1v) is 4.01. The van der Waals surface area contributed by atoms with Crippen LogP contribution in [0.4, 0.5) is 0 Å². The second kappa shape index (κ2) is 2.82. The number of aromatic nitrogens is 1. The SMILES string of the molecule is Cc1cccc(C(C)(C)Cl)n1. The smallest absolute Gasteiger partial charge is 0.0809 e. The Bertz CT molecular complexity index is 250. The molecule has 1 aromatic heterocycles. The van der Waals surface area contributed by atoms with E-state index in [1.54, 1.807) is 0 Å². The molecular weight excluding hydrogens is 158 g/mol. The topological polar surface area (TPSA) is 12.9 Å². The van der Waals surface area contributed by atoms with E-state index < -0.39 is 0 Å². The van der Waals surface area contributed by atoms with E-state index in [9.17, 15) is 0 Å². The van der Waals surface area contributed by atoms with E-state index in [1.165, 1.54) is 0 Å². The van der Waals surface area contributed by atoms with Crippen molar-refractivity contribution in [2.75, 3.05) is 0 Å². The zero-order chi connectivity index (χ0) is 8.48. The maximum Gasteiger partial charge on any atom is 0.0809 e. The van der Waals surface area contributed by atoms with Crippen molar-refractivity contribution >= 4 is 11.6 Å². The van der Waals surface area contributed by atoms with E-state index in [0.29, 0.717) is 0 Å². The second-order valence-electron chi connectivity index (χ2n) is 3.14. The molecular formula is C9H12ClN. The van der Waals surface area contributed by atoms with Crippen molar-refractivity contribution in [1.82, 2.24) is 4.98 Å². The molecule has 0 aliphatic rings. The summed E-state index contributed by atoms with van der Waals surface area (Å²) in [6.45, 7) is 5.85. The summed E-state index contributed by atoms with van der Waals surface area (Å²) in [6.07, 6.45) is 0. The fourth-order valence-corrected chi connectivity index (χ4v) is 0.979. The molecule has 2 heteroatoms. The van der Waals surface area contributed by atoms with Crippen LogP contribution in [-0.2, 0) is 4.87 Å². The van der Waals surface area contributed by atoms with Crippen molar-refractivity contribution < 1.29 is 0 Å². The molecule has 1 aromatic rings. The van der Waals surface area contributed by atoms with E-state index in [4.69, 9.17) is 11.6 Å². The van der Waals surface area contributed by atoms with Gasteiger partial charge in [-0.2, -0.15) is 0 Å². The molecule has 0 N–H and O–H groups in total. The molecule has 0 unspecified atom stereocenters. The third kappa shape index (κ3) is 2.19. The standard InChI is InChI=1S/C9H12ClN/c1-7-5-4-6-8(11-7)9(2,3)10/h4-6H,1-3H3. The van der Waals surface area contributed by atoms with Crippen LogP contribution in [-0.4, -0.2) is 4.98 Å². The molecule has 11 heavy (non-hydrogen) atoms. The Kier molecular flexibility index (Phi) is 2.19. The van der Waals surface area contributed by atoms with Gasteiger partial charge >= 0.3 is 0 Å². The number of halogens is 1. The number of pyridine rings is 1. The van der Waals surface area contributed by atoms with Crippen LogP contribution in [0.5, 0.6) is 0 Å². The van der Waals surface area contributed by atoms with Crippen LogP contribution in [0.2, 0.25) is 0 Å². The van der Waals surface area contributed by atoms with Crippen LogP contribution < -0.4 is 0 Å². The molecule has 1 nitrogen and oxygen atoms in total. The third-order valence-corrected chi connectivity index (χ3v) is 1.69. The summed E-state index contributed by atoms with van der Waals surface area (Å²) >= 11 is 6.07. The highest BCUT2D eigenvalue weighted by molar-refractivity contribution is 6.23. The Hall–Kier alpha value is -0.560. The molecule has 0 aliphatic heterocycles. The molecule has 0 saturated heterocycles. The van der Waals surface area contributed by atoms with Crippen LogP contribution in [0.3, 0.4) is 0 Å². The first-order chi connectivity index (χ1) is 5.00. The minimum atomic E-state index is -0.355. The van der Waals surface area contributed by atoms with Gasteiger partial charge in [0, 0.05) is 5.69 Å². The summed E-state index contributed by atoms with van der Waals surface area (Å²) in [5.41, 5.74) is 1.94. The number of rotatable bonds is 1. The predicted octanol–water partition coefficient (Wildman–Crippen LogP) is 2.86. The molecule has 0 bridgehead atoms. The molecule has 1 rings (SSSR count). The molecule has 0 aliphatic carbocycles. The highest BCUT2D eigenvalue weighted by atomic mass is 35.5. The Morgan fingerprint density at radius 1 is 1.36 bits per heavy atom.